The number of hydrogen-bond donors (Lipinski definition) is 2. The molecule has 0 amide bonds. The van der Waals surface area contributed by atoms with E-state index in [0.717, 1.165) is 0 Å². The molecule has 5 heteroatoms. The van der Waals surface area contributed by atoms with E-state index < -0.39 is 5.97 Å². The molecule has 0 aromatic heterocycles. The lowest BCUT2D eigenvalue weighted by Gasteiger charge is -2.00. The van der Waals surface area contributed by atoms with Gasteiger partial charge in [-0.15, -0.1) is 0 Å². The maximum atomic E-state index is 10.4. The third-order valence-electron chi connectivity index (χ3n) is 1.51. The Morgan fingerprint density at radius 3 is 2.50 bits per heavy atom. The van der Waals surface area contributed by atoms with Gasteiger partial charge in [-0.3, -0.25) is 5.43 Å². The Kier molecular flexibility index (Phi) is 3.48. The van der Waals surface area contributed by atoms with Crippen molar-refractivity contribution in [2.24, 2.45) is 5.10 Å². The Balaban J connectivity index is 2.66. The van der Waals surface area contributed by atoms with Gasteiger partial charge in [-0.2, -0.15) is 5.10 Å². The Morgan fingerprint density at radius 2 is 2.00 bits per heavy atom. The van der Waals surface area contributed by atoms with Crippen molar-refractivity contribution in [1.29, 1.82) is 0 Å². The van der Waals surface area contributed by atoms with Gasteiger partial charge in [0.05, 0.1) is 5.69 Å². The van der Waals surface area contributed by atoms with Crippen molar-refractivity contribution in [3.8, 4) is 0 Å². The normalized spacial score (nSPS) is 11.1. The van der Waals surface area contributed by atoms with E-state index in [1.807, 2.05) is 0 Å². The molecule has 1 rings (SSSR count). The molecule has 0 bridgehead atoms. The molecular weight excluding hydrogens is 204 g/mol. The fraction of sp³-hybridized carbons (Fsp3) is 0.111. The maximum absolute atomic E-state index is 10.4. The first-order valence-electron chi connectivity index (χ1n) is 3.89. The van der Waals surface area contributed by atoms with Crippen LogP contribution in [0.1, 0.15) is 6.92 Å². The minimum atomic E-state index is -1.05. The van der Waals surface area contributed by atoms with Crippen molar-refractivity contribution in [2.75, 3.05) is 5.43 Å². The van der Waals surface area contributed by atoms with Crippen LogP contribution in [0.25, 0.3) is 0 Å². The predicted molar refractivity (Wildman–Crippen MR) is 55.8 cm³/mol. The lowest BCUT2D eigenvalue weighted by atomic mass is 10.3. The number of anilines is 1. The first kappa shape index (κ1) is 10.5. The number of nitrogens with one attached hydrogen (secondary N) is 1. The third kappa shape index (κ3) is 3.06. The van der Waals surface area contributed by atoms with Crippen LogP contribution in [-0.2, 0) is 4.79 Å². The van der Waals surface area contributed by atoms with Gasteiger partial charge in [-0.1, -0.05) is 11.6 Å². The standard InChI is InChI=1S/C9H9ClN2O2/c1-6(9(13)14)11-12-8-4-2-7(10)3-5-8/h2-5,12H,1H3,(H,13,14)/b11-6+. The number of rotatable bonds is 3. The number of hydrogen-bond acceptors (Lipinski definition) is 3. The summed E-state index contributed by atoms with van der Waals surface area (Å²) in [6, 6.07) is 6.80. The molecule has 0 radical (unpaired) electrons. The summed E-state index contributed by atoms with van der Waals surface area (Å²) >= 11 is 5.67. The van der Waals surface area contributed by atoms with Crippen LogP contribution in [0.4, 0.5) is 5.69 Å². The molecule has 2 N–H and O–H groups in total. The highest BCUT2D eigenvalue weighted by Gasteiger charge is 2.00. The molecule has 1 aromatic rings. The summed E-state index contributed by atoms with van der Waals surface area (Å²) in [6.45, 7) is 1.41. The van der Waals surface area contributed by atoms with Gasteiger partial charge in [0.15, 0.2) is 0 Å². The molecule has 4 nitrogen and oxygen atoms in total. The van der Waals surface area contributed by atoms with E-state index in [1.165, 1.54) is 6.92 Å². The second kappa shape index (κ2) is 4.62. The van der Waals surface area contributed by atoms with Gasteiger partial charge >= 0.3 is 5.97 Å². The van der Waals surface area contributed by atoms with Crippen LogP contribution in [0, 0.1) is 0 Å². The average Bonchev–Trinajstić information content (AvgIpc) is 2.16. The van der Waals surface area contributed by atoms with Crippen molar-refractivity contribution in [2.45, 2.75) is 6.92 Å². The third-order valence-corrected chi connectivity index (χ3v) is 1.76. The van der Waals surface area contributed by atoms with Crippen LogP contribution in [-0.4, -0.2) is 16.8 Å². The molecule has 74 valence electrons. The van der Waals surface area contributed by atoms with E-state index in [4.69, 9.17) is 16.7 Å². The van der Waals surface area contributed by atoms with Crippen LogP contribution in [0.5, 0.6) is 0 Å². The van der Waals surface area contributed by atoms with Gasteiger partial charge in [0, 0.05) is 5.02 Å². The zero-order valence-corrected chi connectivity index (χ0v) is 8.25. The molecular formula is C9H9ClN2O2. The average molecular weight is 213 g/mol. The van der Waals surface area contributed by atoms with E-state index in [2.05, 4.69) is 10.5 Å². The Labute approximate surface area is 86.2 Å². The number of carboxylic acid groups (broad SMARTS) is 1. The second-order valence-corrected chi connectivity index (χ2v) is 3.06. The van der Waals surface area contributed by atoms with E-state index in [9.17, 15) is 4.79 Å². The van der Waals surface area contributed by atoms with Gasteiger partial charge in [0.25, 0.3) is 0 Å². The van der Waals surface area contributed by atoms with Crippen molar-refractivity contribution in [3.05, 3.63) is 29.3 Å². The molecule has 0 aliphatic rings. The molecule has 0 heterocycles. The summed E-state index contributed by atoms with van der Waals surface area (Å²) in [7, 11) is 0. The Bertz CT molecular complexity index is 360. The minimum Gasteiger partial charge on any atom is -0.477 e. The Morgan fingerprint density at radius 1 is 1.43 bits per heavy atom. The number of aliphatic carboxylic acids is 1. The zero-order valence-electron chi connectivity index (χ0n) is 7.49. The van der Waals surface area contributed by atoms with Crippen LogP contribution < -0.4 is 5.43 Å². The zero-order chi connectivity index (χ0) is 10.6. The summed E-state index contributed by atoms with van der Waals surface area (Å²) in [6.07, 6.45) is 0. The summed E-state index contributed by atoms with van der Waals surface area (Å²) in [4.78, 5) is 10.4. The van der Waals surface area contributed by atoms with Crippen molar-refractivity contribution >= 4 is 29.0 Å². The van der Waals surface area contributed by atoms with Gasteiger partial charge < -0.3 is 5.11 Å². The highest BCUT2D eigenvalue weighted by Crippen LogP contribution is 2.13. The molecule has 0 unspecified atom stereocenters. The van der Waals surface area contributed by atoms with Crippen LogP contribution in [0.2, 0.25) is 5.02 Å². The fourth-order valence-corrected chi connectivity index (χ4v) is 0.847. The highest BCUT2D eigenvalue weighted by molar-refractivity contribution is 6.34. The molecule has 0 aliphatic carbocycles. The van der Waals surface area contributed by atoms with Crippen LogP contribution in [0.3, 0.4) is 0 Å². The van der Waals surface area contributed by atoms with Gasteiger partial charge in [-0.05, 0) is 31.2 Å². The number of halogens is 1. The molecule has 0 aliphatic heterocycles. The first-order valence-corrected chi connectivity index (χ1v) is 4.26. The van der Waals surface area contributed by atoms with E-state index in [-0.39, 0.29) is 5.71 Å². The highest BCUT2D eigenvalue weighted by atomic mass is 35.5. The predicted octanol–water partition coefficient (Wildman–Crippen LogP) is 2.21. The Hall–Kier alpha value is -1.55. The minimum absolute atomic E-state index is 0.0000463. The van der Waals surface area contributed by atoms with Gasteiger partial charge in [0.2, 0.25) is 0 Å². The van der Waals surface area contributed by atoms with E-state index >= 15 is 0 Å². The molecule has 0 saturated heterocycles. The number of nitrogens with zero attached hydrogens (tertiary/aromatic N) is 1. The molecule has 14 heavy (non-hydrogen) atoms. The lowest BCUT2D eigenvalue weighted by Crippen LogP contribution is -2.10. The monoisotopic (exact) mass is 212 g/mol. The SMILES string of the molecule is C/C(=N\Nc1ccc(Cl)cc1)C(=O)O. The van der Waals surface area contributed by atoms with Crippen molar-refractivity contribution in [3.63, 3.8) is 0 Å². The van der Waals surface area contributed by atoms with Crippen molar-refractivity contribution < 1.29 is 9.90 Å². The summed E-state index contributed by atoms with van der Waals surface area (Å²) in [5.41, 5.74) is 3.29. The quantitative estimate of drug-likeness (QED) is 0.597. The molecule has 1 aromatic carbocycles. The fourth-order valence-electron chi connectivity index (χ4n) is 0.721. The topological polar surface area (TPSA) is 61.7 Å². The number of benzene rings is 1. The second-order valence-electron chi connectivity index (χ2n) is 2.62. The molecule has 0 spiro atoms. The van der Waals surface area contributed by atoms with E-state index in [0.29, 0.717) is 10.7 Å². The molecule has 0 fully saturated rings. The van der Waals surface area contributed by atoms with Crippen LogP contribution in [0.15, 0.2) is 29.4 Å². The van der Waals surface area contributed by atoms with Crippen LogP contribution >= 0.6 is 11.6 Å². The van der Waals surface area contributed by atoms with E-state index in [1.54, 1.807) is 24.3 Å². The smallest absolute Gasteiger partial charge is 0.351 e. The number of carbonyl (C=O) groups is 1. The van der Waals surface area contributed by atoms with Gasteiger partial charge in [-0.25, -0.2) is 4.79 Å². The molecule has 0 atom stereocenters. The maximum Gasteiger partial charge on any atom is 0.351 e. The summed E-state index contributed by atoms with van der Waals surface area (Å²) in [5, 5.41) is 12.8. The summed E-state index contributed by atoms with van der Waals surface area (Å²) < 4.78 is 0. The molecule has 0 saturated carbocycles. The number of carboxylic acids is 1. The first-order chi connectivity index (χ1) is 6.59. The van der Waals surface area contributed by atoms with Gasteiger partial charge in [0.1, 0.15) is 5.71 Å². The summed E-state index contributed by atoms with van der Waals surface area (Å²) in [5.74, 6) is -1.05. The van der Waals surface area contributed by atoms with Crippen molar-refractivity contribution in [1.82, 2.24) is 0 Å². The number of hydrazone groups is 1. The lowest BCUT2D eigenvalue weighted by molar-refractivity contribution is -0.129. The largest absolute Gasteiger partial charge is 0.477 e.